The van der Waals surface area contributed by atoms with E-state index in [9.17, 15) is 4.79 Å². The number of hydrogen-bond acceptors (Lipinski definition) is 4. The van der Waals surface area contributed by atoms with Crippen LogP contribution in [0.15, 0.2) is 24.4 Å². The molecule has 1 spiro atoms. The van der Waals surface area contributed by atoms with Crippen molar-refractivity contribution >= 4 is 6.03 Å². The molecular formula is C19H28N4O2. The van der Waals surface area contributed by atoms with Crippen molar-refractivity contribution in [1.82, 2.24) is 19.7 Å². The van der Waals surface area contributed by atoms with Crippen LogP contribution in [0.2, 0.25) is 0 Å². The van der Waals surface area contributed by atoms with Gasteiger partial charge in [0.05, 0.1) is 18.9 Å². The van der Waals surface area contributed by atoms with Crippen LogP contribution in [0.5, 0.6) is 0 Å². The Morgan fingerprint density at radius 1 is 1.04 bits per heavy atom. The van der Waals surface area contributed by atoms with Crippen LogP contribution in [0.1, 0.15) is 25.0 Å². The monoisotopic (exact) mass is 344 g/mol. The van der Waals surface area contributed by atoms with Crippen molar-refractivity contribution in [3.05, 3.63) is 30.1 Å². The zero-order chi connectivity index (χ0) is 17.1. The Balaban J connectivity index is 1.29. The third kappa shape index (κ3) is 3.80. The summed E-state index contributed by atoms with van der Waals surface area (Å²) in [6.07, 6.45) is 5.40. The van der Waals surface area contributed by atoms with Gasteiger partial charge in [-0.2, -0.15) is 0 Å². The highest BCUT2D eigenvalue weighted by molar-refractivity contribution is 5.75. The first-order chi connectivity index (χ1) is 12.2. The fraction of sp³-hybridized carbons (Fsp3) is 0.684. The topological polar surface area (TPSA) is 48.9 Å². The lowest BCUT2D eigenvalue weighted by atomic mass is 9.78. The molecule has 136 valence electrons. The number of hydrogen-bond donors (Lipinski definition) is 0. The number of urea groups is 1. The van der Waals surface area contributed by atoms with Crippen LogP contribution in [-0.4, -0.2) is 78.2 Å². The number of amides is 2. The first kappa shape index (κ1) is 16.8. The van der Waals surface area contributed by atoms with Crippen LogP contribution in [0, 0.1) is 5.41 Å². The highest BCUT2D eigenvalue weighted by Gasteiger charge is 2.42. The summed E-state index contributed by atoms with van der Waals surface area (Å²) in [4.78, 5) is 23.7. The summed E-state index contributed by atoms with van der Waals surface area (Å²) in [7, 11) is 0. The minimum absolute atomic E-state index is 0.219. The molecule has 0 aliphatic carbocycles. The molecule has 4 rings (SSSR count). The molecule has 0 atom stereocenters. The van der Waals surface area contributed by atoms with E-state index >= 15 is 0 Å². The molecule has 3 saturated heterocycles. The third-order valence-corrected chi connectivity index (χ3v) is 6.02. The summed E-state index contributed by atoms with van der Waals surface area (Å²) in [5.41, 5.74) is 1.48. The largest absolute Gasteiger partial charge is 0.378 e. The van der Waals surface area contributed by atoms with E-state index in [4.69, 9.17) is 4.74 Å². The summed E-state index contributed by atoms with van der Waals surface area (Å²) in [6, 6.07) is 6.34. The Labute approximate surface area is 149 Å². The minimum atomic E-state index is 0.219. The Hall–Kier alpha value is -1.66. The molecule has 6 heteroatoms. The second-order valence-corrected chi connectivity index (χ2v) is 7.65. The molecule has 3 aliphatic heterocycles. The van der Waals surface area contributed by atoms with Gasteiger partial charge >= 0.3 is 6.03 Å². The van der Waals surface area contributed by atoms with Gasteiger partial charge in [0.1, 0.15) is 0 Å². The first-order valence-electron chi connectivity index (χ1n) is 9.48. The van der Waals surface area contributed by atoms with Crippen molar-refractivity contribution in [2.75, 3.05) is 52.5 Å². The van der Waals surface area contributed by atoms with E-state index in [0.29, 0.717) is 18.6 Å². The molecule has 0 unspecified atom stereocenters. The second-order valence-electron chi connectivity index (χ2n) is 7.65. The van der Waals surface area contributed by atoms with Gasteiger partial charge in [0.2, 0.25) is 0 Å². The number of morpholine rings is 1. The van der Waals surface area contributed by atoms with Gasteiger partial charge < -0.3 is 14.5 Å². The van der Waals surface area contributed by atoms with Crippen molar-refractivity contribution in [3.63, 3.8) is 0 Å². The molecule has 25 heavy (non-hydrogen) atoms. The maximum absolute atomic E-state index is 12.7. The fourth-order valence-electron chi connectivity index (χ4n) is 4.37. The predicted octanol–water partition coefficient (Wildman–Crippen LogP) is 1.82. The van der Waals surface area contributed by atoms with Crippen molar-refractivity contribution in [2.45, 2.75) is 25.8 Å². The molecule has 0 bridgehead atoms. The normalized spacial score (nSPS) is 24.0. The molecule has 2 amide bonds. The smallest absolute Gasteiger partial charge is 0.320 e. The zero-order valence-corrected chi connectivity index (χ0v) is 14.9. The number of carbonyl (C=O) groups is 1. The van der Waals surface area contributed by atoms with E-state index in [1.165, 1.54) is 12.8 Å². The lowest BCUT2D eigenvalue weighted by Crippen LogP contribution is -2.48. The number of ether oxygens (including phenoxy) is 1. The maximum Gasteiger partial charge on any atom is 0.320 e. The number of pyridine rings is 1. The lowest BCUT2D eigenvalue weighted by Gasteiger charge is -2.39. The van der Waals surface area contributed by atoms with E-state index in [0.717, 1.165) is 57.9 Å². The molecule has 1 aromatic heterocycles. The molecule has 3 aliphatic rings. The van der Waals surface area contributed by atoms with E-state index in [1.807, 2.05) is 17.2 Å². The first-order valence-corrected chi connectivity index (χ1v) is 9.48. The highest BCUT2D eigenvalue weighted by atomic mass is 16.5. The molecule has 6 nitrogen and oxygen atoms in total. The number of carbonyl (C=O) groups excluding carboxylic acids is 1. The van der Waals surface area contributed by atoms with E-state index in [2.05, 4.69) is 26.9 Å². The Kier molecular flexibility index (Phi) is 4.90. The van der Waals surface area contributed by atoms with Crippen LogP contribution >= 0.6 is 0 Å². The Bertz CT molecular complexity index is 580. The van der Waals surface area contributed by atoms with E-state index in [-0.39, 0.29) is 6.03 Å². The number of likely N-dealkylation sites (tertiary alicyclic amines) is 2. The van der Waals surface area contributed by atoms with Gasteiger partial charge in [0, 0.05) is 38.9 Å². The van der Waals surface area contributed by atoms with Crippen LogP contribution in [-0.2, 0) is 11.3 Å². The highest BCUT2D eigenvalue weighted by Crippen LogP contribution is 2.40. The van der Waals surface area contributed by atoms with E-state index in [1.54, 1.807) is 0 Å². The van der Waals surface area contributed by atoms with Gasteiger partial charge in [0.15, 0.2) is 0 Å². The molecule has 0 N–H and O–H groups in total. The summed E-state index contributed by atoms with van der Waals surface area (Å²) >= 11 is 0. The SMILES string of the molecule is O=C(N1CCOCC1)N1CCC2(CCN(Cc3ccccn3)CC2)C1. The van der Waals surface area contributed by atoms with Crippen LogP contribution < -0.4 is 0 Å². The van der Waals surface area contributed by atoms with Crippen molar-refractivity contribution in [3.8, 4) is 0 Å². The van der Waals surface area contributed by atoms with Gasteiger partial charge in [-0.05, 0) is 49.9 Å². The number of rotatable bonds is 2. The molecule has 3 fully saturated rings. The van der Waals surface area contributed by atoms with Crippen molar-refractivity contribution in [2.24, 2.45) is 5.41 Å². The summed E-state index contributed by atoms with van der Waals surface area (Å²) in [5, 5.41) is 0. The zero-order valence-electron chi connectivity index (χ0n) is 14.9. The van der Waals surface area contributed by atoms with Gasteiger partial charge in [-0.1, -0.05) is 6.07 Å². The average Bonchev–Trinajstić information content (AvgIpc) is 3.09. The lowest BCUT2D eigenvalue weighted by molar-refractivity contribution is 0.0426. The quantitative estimate of drug-likeness (QED) is 0.821. The molecule has 1 aromatic rings. The van der Waals surface area contributed by atoms with Crippen LogP contribution in [0.3, 0.4) is 0 Å². The van der Waals surface area contributed by atoms with Crippen LogP contribution in [0.4, 0.5) is 4.79 Å². The third-order valence-electron chi connectivity index (χ3n) is 6.02. The number of aromatic nitrogens is 1. The van der Waals surface area contributed by atoms with Gasteiger partial charge in [-0.15, -0.1) is 0 Å². The molecule has 0 aromatic carbocycles. The van der Waals surface area contributed by atoms with Crippen LogP contribution in [0.25, 0.3) is 0 Å². The number of nitrogens with zero attached hydrogens (tertiary/aromatic N) is 4. The molecule has 0 radical (unpaired) electrons. The van der Waals surface area contributed by atoms with Crippen molar-refractivity contribution in [1.29, 1.82) is 0 Å². The minimum Gasteiger partial charge on any atom is -0.378 e. The molecule has 4 heterocycles. The average molecular weight is 344 g/mol. The van der Waals surface area contributed by atoms with Crippen molar-refractivity contribution < 1.29 is 9.53 Å². The van der Waals surface area contributed by atoms with Gasteiger partial charge in [0.25, 0.3) is 0 Å². The number of piperidine rings is 1. The predicted molar refractivity (Wildman–Crippen MR) is 95.2 cm³/mol. The van der Waals surface area contributed by atoms with E-state index < -0.39 is 0 Å². The maximum atomic E-state index is 12.7. The summed E-state index contributed by atoms with van der Waals surface area (Å²) < 4.78 is 5.36. The summed E-state index contributed by atoms with van der Waals surface area (Å²) in [5.74, 6) is 0. The molecule has 0 saturated carbocycles. The van der Waals surface area contributed by atoms with Gasteiger partial charge in [-0.3, -0.25) is 9.88 Å². The Morgan fingerprint density at radius 2 is 1.80 bits per heavy atom. The van der Waals surface area contributed by atoms with Gasteiger partial charge in [-0.25, -0.2) is 4.79 Å². The second kappa shape index (κ2) is 7.30. The fourth-order valence-corrected chi connectivity index (χ4v) is 4.37. The standard InChI is InChI=1S/C19H28N4O2/c24-18(22-11-13-25-14-12-22)23-10-6-19(16-23)4-8-21(9-5-19)15-17-3-1-2-7-20-17/h1-3,7H,4-6,8-16H2. The summed E-state index contributed by atoms with van der Waals surface area (Å²) in [6.45, 7) is 7.82. The molecular weight excluding hydrogens is 316 g/mol. The Morgan fingerprint density at radius 3 is 2.52 bits per heavy atom.